The monoisotopic (exact) mass is 332 g/mol. The van der Waals surface area contributed by atoms with Gasteiger partial charge >= 0.3 is 0 Å². The molecule has 0 aliphatic carbocycles. The fourth-order valence-electron chi connectivity index (χ4n) is 3.39. The van der Waals surface area contributed by atoms with E-state index in [0.29, 0.717) is 13.1 Å². The van der Waals surface area contributed by atoms with Crippen molar-refractivity contribution in [3.05, 3.63) is 0 Å². The molecule has 2 aliphatic heterocycles. The zero-order chi connectivity index (χ0) is 15.6. The Morgan fingerprint density at radius 1 is 1.36 bits per heavy atom. The molecule has 0 bridgehead atoms. The molecule has 2 fully saturated rings. The number of nitrogens with two attached hydrogens (primary N) is 2. The lowest BCUT2D eigenvalue weighted by atomic mass is 9.90. The van der Waals surface area contributed by atoms with Crippen LogP contribution in [0.2, 0.25) is 0 Å². The summed E-state index contributed by atoms with van der Waals surface area (Å²) in [5.74, 6) is -0.373. The number of likely N-dealkylation sites (tertiary alicyclic amines) is 2. The summed E-state index contributed by atoms with van der Waals surface area (Å²) in [5.41, 5.74) is 11.3. The van der Waals surface area contributed by atoms with Crippen LogP contribution < -0.4 is 11.5 Å². The molecule has 2 amide bonds. The third kappa shape index (κ3) is 4.12. The van der Waals surface area contributed by atoms with E-state index < -0.39 is 0 Å². The van der Waals surface area contributed by atoms with Gasteiger partial charge in [-0.1, -0.05) is 6.92 Å². The maximum absolute atomic E-state index is 12.7. The first kappa shape index (κ1) is 19.2. The molecule has 2 saturated heterocycles. The van der Waals surface area contributed by atoms with Gasteiger partial charge in [0.15, 0.2) is 0 Å². The molecule has 4 N–H and O–H groups in total. The van der Waals surface area contributed by atoms with Crippen molar-refractivity contribution >= 4 is 24.2 Å². The molecule has 7 heteroatoms. The van der Waals surface area contributed by atoms with Crippen LogP contribution in [0.15, 0.2) is 0 Å². The molecule has 0 aromatic rings. The Morgan fingerprint density at radius 3 is 2.59 bits per heavy atom. The van der Waals surface area contributed by atoms with Crippen molar-refractivity contribution in [3.63, 3.8) is 0 Å². The molecule has 3 unspecified atom stereocenters. The number of carbonyl (C=O) groups excluding carboxylic acids is 2. The van der Waals surface area contributed by atoms with Gasteiger partial charge in [-0.3, -0.25) is 14.5 Å². The van der Waals surface area contributed by atoms with E-state index in [9.17, 15) is 9.59 Å². The number of amides is 2. The van der Waals surface area contributed by atoms with Gasteiger partial charge in [0.05, 0.1) is 12.0 Å². The maximum Gasteiger partial charge on any atom is 0.239 e. The minimum atomic E-state index is -0.294. The third-order valence-corrected chi connectivity index (χ3v) is 5.12. The van der Waals surface area contributed by atoms with Crippen molar-refractivity contribution in [1.29, 1.82) is 0 Å². The number of nitrogens with zero attached hydrogens (tertiary/aromatic N) is 2. The van der Waals surface area contributed by atoms with Gasteiger partial charge in [0.1, 0.15) is 0 Å². The Kier molecular flexibility index (Phi) is 6.65. The molecule has 3 atom stereocenters. The molecule has 128 valence electrons. The Morgan fingerprint density at radius 2 is 2.05 bits per heavy atom. The molecule has 2 heterocycles. The molecule has 0 aromatic carbocycles. The van der Waals surface area contributed by atoms with Crippen LogP contribution in [-0.2, 0) is 9.59 Å². The van der Waals surface area contributed by atoms with E-state index in [1.807, 2.05) is 11.8 Å². The van der Waals surface area contributed by atoms with Crippen molar-refractivity contribution in [2.45, 2.75) is 39.2 Å². The Labute approximate surface area is 139 Å². The maximum atomic E-state index is 12.7. The Hall–Kier alpha value is -0.850. The molecule has 0 radical (unpaired) electrons. The Balaban J connectivity index is 0.00000242. The second-order valence-electron chi connectivity index (χ2n) is 6.94. The van der Waals surface area contributed by atoms with E-state index in [2.05, 4.69) is 11.8 Å². The highest BCUT2D eigenvalue weighted by molar-refractivity contribution is 5.85. The zero-order valence-electron chi connectivity index (χ0n) is 13.6. The summed E-state index contributed by atoms with van der Waals surface area (Å²) in [5, 5.41) is 0. The number of hydrogen-bond donors (Lipinski definition) is 2. The van der Waals surface area contributed by atoms with Crippen molar-refractivity contribution < 1.29 is 9.59 Å². The van der Waals surface area contributed by atoms with E-state index >= 15 is 0 Å². The molecule has 2 rings (SSSR count). The van der Waals surface area contributed by atoms with E-state index in [1.54, 1.807) is 0 Å². The van der Waals surface area contributed by atoms with Crippen molar-refractivity contribution in [2.24, 2.45) is 22.8 Å². The number of halogens is 1. The minimum absolute atomic E-state index is 0. The highest BCUT2D eigenvalue weighted by Gasteiger charge is 2.38. The highest BCUT2D eigenvalue weighted by atomic mass is 35.5. The summed E-state index contributed by atoms with van der Waals surface area (Å²) < 4.78 is 0. The molecule has 2 aliphatic rings. The fraction of sp³-hybridized carbons (Fsp3) is 0.867. The van der Waals surface area contributed by atoms with Gasteiger partial charge in [-0.15, -0.1) is 12.4 Å². The SMILES string of the molecule is CC(C(=O)N1CCCC(C(N)=O)C1)N1CCC(C)(CN)C1.Cl. The van der Waals surface area contributed by atoms with Crippen LogP contribution in [0.1, 0.15) is 33.1 Å². The smallest absolute Gasteiger partial charge is 0.239 e. The standard InChI is InChI=1S/C15H28N4O2.ClH/c1-11(19-7-5-15(2,9-16)10-19)14(21)18-6-3-4-12(8-18)13(17)20;/h11-12H,3-10,16H2,1-2H3,(H2,17,20);1H. The largest absolute Gasteiger partial charge is 0.369 e. The zero-order valence-corrected chi connectivity index (χ0v) is 14.4. The van der Waals surface area contributed by atoms with Crippen LogP contribution in [-0.4, -0.2) is 60.4 Å². The van der Waals surface area contributed by atoms with Crippen LogP contribution in [0.5, 0.6) is 0 Å². The number of hydrogen-bond acceptors (Lipinski definition) is 4. The Bertz CT molecular complexity index is 420. The lowest BCUT2D eigenvalue weighted by Crippen LogP contribution is -2.51. The van der Waals surface area contributed by atoms with Gasteiger partial charge < -0.3 is 16.4 Å². The summed E-state index contributed by atoms with van der Waals surface area (Å²) >= 11 is 0. The van der Waals surface area contributed by atoms with Gasteiger partial charge in [0.2, 0.25) is 11.8 Å². The summed E-state index contributed by atoms with van der Waals surface area (Å²) in [6.07, 6.45) is 2.68. The molecule has 0 saturated carbocycles. The minimum Gasteiger partial charge on any atom is -0.369 e. The lowest BCUT2D eigenvalue weighted by molar-refractivity contribution is -0.139. The average molecular weight is 333 g/mol. The van der Waals surface area contributed by atoms with E-state index in [-0.39, 0.29) is 41.6 Å². The van der Waals surface area contributed by atoms with Gasteiger partial charge in [-0.25, -0.2) is 0 Å². The predicted molar refractivity (Wildman–Crippen MR) is 88.6 cm³/mol. The number of piperidine rings is 1. The quantitative estimate of drug-likeness (QED) is 0.768. The summed E-state index contributed by atoms with van der Waals surface area (Å²) in [4.78, 5) is 28.0. The number of primary amides is 1. The molecule has 0 aromatic heterocycles. The summed E-state index contributed by atoms with van der Waals surface area (Å²) in [7, 11) is 0. The van der Waals surface area contributed by atoms with E-state index in [4.69, 9.17) is 11.5 Å². The van der Waals surface area contributed by atoms with Crippen LogP contribution in [0, 0.1) is 11.3 Å². The van der Waals surface area contributed by atoms with Gasteiger partial charge in [0.25, 0.3) is 0 Å². The first-order valence-electron chi connectivity index (χ1n) is 7.88. The van der Waals surface area contributed by atoms with Crippen LogP contribution in [0.25, 0.3) is 0 Å². The molecule has 22 heavy (non-hydrogen) atoms. The lowest BCUT2D eigenvalue weighted by Gasteiger charge is -2.35. The van der Waals surface area contributed by atoms with Crippen molar-refractivity contribution in [2.75, 3.05) is 32.7 Å². The van der Waals surface area contributed by atoms with Gasteiger partial charge in [0, 0.05) is 19.6 Å². The molecule has 6 nitrogen and oxygen atoms in total. The van der Waals surface area contributed by atoms with Crippen LogP contribution >= 0.6 is 12.4 Å². The van der Waals surface area contributed by atoms with Crippen molar-refractivity contribution in [1.82, 2.24) is 9.80 Å². The average Bonchev–Trinajstić information content (AvgIpc) is 2.89. The first-order chi connectivity index (χ1) is 9.86. The van der Waals surface area contributed by atoms with Gasteiger partial charge in [-0.05, 0) is 44.7 Å². The second-order valence-corrected chi connectivity index (χ2v) is 6.94. The number of rotatable bonds is 4. The van der Waals surface area contributed by atoms with E-state index in [0.717, 1.165) is 38.9 Å². The fourth-order valence-corrected chi connectivity index (χ4v) is 3.39. The van der Waals surface area contributed by atoms with Gasteiger partial charge in [-0.2, -0.15) is 0 Å². The second kappa shape index (κ2) is 7.62. The normalized spacial score (nSPS) is 30.7. The molecular formula is C15H29ClN4O2. The third-order valence-electron chi connectivity index (χ3n) is 5.12. The topological polar surface area (TPSA) is 92.7 Å². The highest BCUT2D eigenvalue weighted by Crippen LogP contribution is 2.30. The van der Waals surface area contributed by atoms with Crippen LogP contribution in [0.4, 0.5) is 0 Å². The molecule has 0 spiro atoms. The van der Waals surface area contributed by atoms with Crippen LogP contribution in [0.3, 0.4) is 0 Å². The summed E-state index contributed by atoms with van der Waals surface area (Å²) in [6, 6.07) is -0.148. The summed E-state index contributed by atoms with van der Waals surface area (Å²) in [6.45, 7) is 7.76. The van der Waals surface area contributed by atoms with Crippen molar-refractivity contribution in [3.8, 4) is 0 Å². The predicted octanol–water partition coefficient (Wildman–Crippen LogP) is 0.191. The first-order valence-corrected chi connectivity index (χ1v) is 7.88. The molecular weight excluding hydrogens is 304 g/mol. The number of carbonyl (C=O) groups is 2. The van der Waals surface area contributed by atoms with E-state index in [1.165, 1.54) is 0 Å².